The first-order chi connectivity index (χ1) is 13.1. The molecule has 7 heteroatoms. The van der Waals surface area contributed by atoms with E-state index in [0.717, 1.165) is 28.3 Å². The molecule has 3 heterocycles. The molecule has 7 nitrogen and oxygen atoms in total. The molecule has 1 aromatic carbocycles. The zero-order valence-corrected chi connectivity index (χ0v) is 15.5. The highest BCUT2D eigenvalue weighted by Crippen LogP contribution is 2.31. The molecule has 0 aliphatic heterocycles. The van der Waals surface area contributed by atoms with Gasteiger partial charge < -0.3 is 4.74 Å². The Kier molecular flexibility index (Phi) is 4.27. The van der Waals surface area contributed by atoms with E-state index in [1.807, 2.05) is 48.1 Å². The predicted octanol–water partition coefficient (Wildman–Crippen LogP) is 3.01. The van der Waals surface area contributed by atoms with Gasteiger partial charge >= 0.3 is 0 Å². The quantitative estimate of drug-likeness (QED) is 0.591. The fourth-order valence-corrected chi connectivity index (χ4v) is 3.35. The number of para-hydroxylation sites is 1. The Morgan fingerprint density at radius 1 is 1.26 bits per heavy atom. The van der Waals surface area contributed by atoms with Gasteiger partial charge in [-0.3, -0.25) is 14.6 Å². The molecule has 1 unspecified atom stereocenters. The highest BCUT2D eigenvalue weighted by Gasteiger charge is 2.17. The third-order valence-corrected chi connectivity index (χ3v) is 4.76. The Labute approximate surface area is 156 Å². The minimum atomic E-state index is -0.132. The van der Waals surface area contributed by atoms with Gasteiger partial charge in [-0.15, -0.1) is 0 Å². The van der Waals surface area contributed by atoms with Crippen LogP contribution in [0.5, 0.6) is 5.75 Å². The fraction of sp³-hybridized carbons (Fsp3) is 0.250. The van der Waals surface area contributed by atoms with E-state index in [-0.39, 0.29) is 11.6 Å². The maximum atomic E-state index is 12.7. The van der Waals surface area contributed by atoms with Crippen molar-refractivity contribution in [3.8, 4) is 17.0 Å². The van der Waals surface area contributed by atoms with E-state index < -0.39 is 0 Å². The number of aryl methyl sites for hydroxylation is 1. The molecule has 0 saturated carbocycles. The molecule has 0 aliphatic carbocycles. The van der Waals surface area contributed by atoms with Crippen LogP contribution in [0.4, 0.5) is 0 Å². The first kappa shape index (κ1) is 17.1. The van der Waals surface area contributed by atoms with Crippen molar-refractivity contribution < 1.29 is 4.74 Å². The van der Waals surface area contributed by atoms with Crippen LogP contribution in [-0.2, 0) is 6.42 Å². The number of methoxy groups -OCH3 is 1. The van der Waals surface area contributed by atoms with Crippen LogP contribution >= 0.6 is 0 Å². The van der Waals surface area contributed by atoms with E-state index in [4.69, 9.17) is 9.72 Å². The summed E-state index contributed by atoms with van der Waals surface area (Å²) in [5.41, 5.74) is 3.88. The number of benzene rings is 1. The highest BCUT2D eigenvalue weighted by atomic mass is 16.5. The second-order valence-corrected chi connectivity index (χ2v) is 6.60. The summed E-state index contributed by atoms with van der Waals surface area (Å²) in [6.45, 7) is 4.02. The zero-order chi connectivity index (χ0) is 19.0. The molecule has 0 spiro atoms. The summed E-state index contributed by atoms with van der Waals surface area (Å²) in [7, 11) is 1.63. The van der Waals surface area contributed by atoms with Gasteiger partial charge in [-0.1, -0.05) is 12.1 Å². The summed E-state index contributed by atoms with van der Waals surface area (Å²) in [5.74, 6) is 0.743. The molecule has 3 aromatic heterocycles. The number of nitrogens with zero attached hydrogens (tertiary/aromatic N) is 4. The van der Waals surface area contributed by atoms with Crippen LogP contribution in [0.1, 0.15) is 24.2 Å². The van der Waals surface area contributed by atoms with Gasteiger partial charge in [0.25, 0.3) is 5.56 Å². The predicted molar refractivity (Wildman–Crippen MR) is 103 cm³/mol. The van der Waals surface area contributed by atoms with E-state index in [9.17, 15) is 4.79 Å². The fourth-order valence-electron chi connectivity index (χ4n) is 3.35. The number of rotatable bonds is 5. The summed E-state index contributed by atoms with van der Waals surface area (Å²) in [5, 5.41) is 7.44. The summed E-state index contributed by atoms with van der Waals surface area (Å²) >= 11 is 0. The van der Waals surface area contributed by atoms with Crippen LogP contribution in [0.15, 0.2) is 53.6 Å². The standard InChI is InChI=1S/C20H21N5O2/c1-13(24-10-6-9-21-24)11-15-12-18(26)25-20(22-15)14(2)19(23-25)16-7-4-5-8-17(16)27-3/h4-10,12-13,23H,11H2,1-3H3. The molecular formula is C20H21N5O2. The maximum absolute atomic E-state index is 12.7. The molecule has 0 amide bonds. The van der Waals surface area contributed by atoms with Crippen molar-refractivity contribution in [2.24, 2.45) is 0 Å². The Morgan fingerprint density at radius 3 is 2.81 bits per heavy atom. The largest absolute Gasteiger partial charge is 0.496 e. The summed E-state index contributed by atoms with van der Waals surface area (Å²) in [6.07, 6.45) is 4.29. The second-order valence-electron chi connectivity index (χ2n) is 6.60. The van der Waals surface area contributed by atoms with Crippen molar-refractivity contribution >= 4 is 5.65 Å². The minimum Gasteiger partial charge on any atom is -0.496 e. The molecule has 4 rings (SSSR count). The Hall–Kier alpha value is -3.35. The monoisotopic (exact) mass is 363 g/mol. The van der Waals surface area contributed by atoms with E-state index in [0.29, 0.717) is 12.1 Å². The van der Waals surface area contributed by atoms with Crippen LogP contribution in [0.25, 0.3) is 16.9 Å². The van der Waals surface area contributed by atoms with Gasteiger partial charge in [0.05, 0.1) is 24.5 Å². The molecule has 0 fully saturated rings. The van der Waals surface area contributed by atoms with Crippen LogP contribution in [0, 0.1) is 6.92 Å². The Balaban J connectivity index is 1.79. The van der Waals surface area contributed by atoms with Crippen molar-refractivity contribution in [2.45, 2.75) is 26.3 Å². The maximum Gasteiger partial charge on any atom is 0.272 e. The van der Waals surface area contributed by atoms with Crippen molar-refractivity contribution in [3.63, 3.8) is 0 Å². The van der Waals surface area contributed by atoms with Crippen LogP contribution in [0.2, 0.25) is 0 Å². The van der Waals surface area contributed by atoms with Crippen molar-refractivity contribution in [3.05, 3.63) is 70.4 Å². The molecule has 27 heavy (non-hydrogen) atoms. The number of fused-ring (bicyclic) bond motifs is 1. The molecular weight excluding hydrogens is 342 g/mol. The molecule has 0 aliphatic rings. The van der Waals surface area contributed by atoms with E-state index >= 15 is 0 Å². The summed E-state index contributed by atoms with van der Waals surface area (Å²) in [4.78, 5) is 17.4. The number of hydrogen-bond donors (Lipinski definition) is 1. The average Bonchev–Trinajstić information content (AvgIpc) is 3.31. The highest BCUT2D eigenvalue weighted by molar-refractivity contribution is 5.74. The van der Waals surface area contributed by atoms with Gasteiger partial charge in [-0.2, -0.15) is 5.10 Å². The Bertz CT molecular complexity index is 1140. The van der Waals surface area contributed by atoms with E-state index in [1.54, 1.807) is 19.4 Å². The lowest BCUT2D eigenvalue weighted by Crippen LogP contribution is -2.18. The number of aromatic nitrogens is 5. The van der Waals surface area contributed by atoms with Crippen molar-refractivity contribution in [1.82, 2.24) is 24.4 Å². The molecule has 0 radical (unpaired) electrons. The van der Waals surface area contributed by atoms with Crippen molar-refractivity contribution in [2.75, 3.05) is 7.11 Å². The molecule has 0 saturated heterocycles. The van der Waals surface area contributed by atoms with Gasteiger partial charge in [-0.25, -0.2) is 9.50 Å². The summed E-state index contributed by atoms with van der Waals surface area (Å²) < 4.78 is 8.82. The zero-order valence-electron chi connectivity index (χ0n) is 15.5. The number of nitrogens with one attached hydrogen (secondary N) is 1. The lowest BCUT2D eigenvalue weighted by Gasteiger charge is -2.11. The molecule has 0 bridgehead atoms. The Morgan fingerprint density at radius 2 is 2.07 bits per heavy atom. The first-order valence-electron chi connectivity index (χ1n) is 8.82. The normalized spacial score (nSPS) is 12.4. The molecule has 138 valence electrons. The lowest BCUT2D eigenvalue weighted by atomic mass is 10.1. The number of H-pyrrole nitrogens is 1. The molecule has 1 atom stereocenters. The van der Waals surface area contributed by atoms with E-state index in [2.05, 4.69) is 17.1 Å². The van der Waals surface area contributed by atoms with Crippen LogP contribution in [0.3, 0.4) is 0 Å². The topological polar surface area (TPSA) is 77.2 Å². The van der Waals surface area contributed by atoms with Gasteiger partial charge in [-0.05, 0) is 32.0 Å². The van der Waals surface area contributed by atoms with Gasteiger partial charge in [0.1, 0.15) is 5.75 Å². The second kappa shape index (κ2) is 6.75. The smallest absolute Gasteiger partial charge is 0.272 e. The molecule has 1 N–H and O–H groups in total. The first-order valence-corrected chi connectivity index (χ1v) is 8.82. The van der Waals surface area contributed by atoms with Gasteiger partial charge in [0.2, 0.25) is 0 Å². The van der Waals surface area contributed by atoms with Crippen LogP contribution in [-0.4, -0.2) is 31.5 Å². The number of hydrogen-bond acceptors (Lipinski definition) is 4. The van der Waals surface area contributed by atoms with E-state index in [1.165, 1.54) is 4.52 Å². The number of aromatic amines is 1. The van der Waals surface area contributed by atoms with Gasteiger partial charge in [0.15, 0.2) is 5.65 Å². The SMILES string of the molecule is COc1ccccc1-c1[nH]n2c(=O)cc(CC(C)n3cccn3)nc2c1C. The third-order valence-electron chi connectivity index (χ3n) is 4.76. The number of ether oxygens (including phenoxy) is 1. The average molecular weight is 363 g/mol. The summed E-state index contributed by atoms with van der Waals surface area (Å²) in [6, 6.07) is 11.3. The third kappa shape index (κ3) is 3.01. The van der Waals surface area contributed by atoms with Gasteiger partial charge in [0, 0.05) is 36.0 Å². The van der Waals surface area contributed by atoms with Crippen molar-refractivity contribution in [1.29, 1.82) is 0 Å². The molecule has 4 aromatic rings. The van der Waals surface area contributed by atoms with Crippen LogP contribution < -0.4 is 10.3 Å². The lowest BCUT2D eigenvalue weighted by molar-refractivity contribution is 0.416. The minimum absolute atomic E-state index is 0.113.